The Morgan fingerprint density at radius 1 is 0.322 bits per heavy atom. The van der Waals surface area contributed by atoms with Gasteiger partial charge in [0.15, 0.2) is 0 Å². The van der Waals surface area contributed by atoms with Crippen LogP contribution in [0.2, 0.25) is 0 Å². The molecule has 0 bridgehead atoms. The van der Waals surface area contributed by atoms with Crippen molar-refractivity contribution in [2.24, 2.45) is 0 Å². The van der Waals surface area contributed by atoms with Gasteiger partial charge in [-0.05, 0) is 125 Å². The molecule has 0 N–H and O–H groups in total. The lowest BCUT2D eigenvalue weighted by Crippen LogP contribution is -2.26. The van der Waals surface area contributed by atoms with Gasteiger partial charge >= 0.3 is 0 Å². The van der Waals surface area contributed by atoms with E-state index in [1.165, 1.54) is 77.4 Å². The van der Waals surface area contributed by atoms with Crippen LogP contribution in [0.3, 0.4) is 0 Å². The first-order valence-corrected chi connectivity index (χ1v) is 20.4. The fourth-order valence-corrected chi connectivity index (χ4v) is 11.1. The summed E-state index contributed by atoms with van der Waals surface area (Å²) in [4.78, 5) is 0. The summed E-state index contributed by atoms with van der Waals surface area (Å²) >= 11 is 0. The molecule has 0 atom stereocenters. The molecule has 2 heterocycles. The van der Waals surface area contributed by atoms with Gasteiger partial charge in [0.1, 0.15) is 22.3 Å². The van der Waals surface area contributed by atoms with Gasteiger partial charge in [0.2, 0.25) is 0 Å². The Hall–Kier alpha value is -7.68. The summed E-state index contributed by atoms with van der Waals surface area (Å²) in [6.07, 6.45) is 0. The van der Waals surface area contributed by atoms with Crippen LogP contribution < -0.4 is 0 Å². The molecule has 0 unspecified atom stereocenters. The highest BCUT2D eigenvalue weighted by molar-refractivity contribution is 6.19. The van der Waals surface area contributed by atoms with E-state index >= 15 is 0 Å². The summed E-state index contributed by atoms with van der Waals surface area (Å²) in [5, 5.41) is 9.37. The van der Waals surface area contributed by atoms with Crippen molar-refractivity contribution in [2.75, 3.05) is 0 Å². The van der Waals surface area contributed by atoms with Crippen molar-refractivity contribution in [3.63, 3.8) is 0 Å². The van der Waals surface area contributed by atoms with E-state index in [2.05, 4.69) is 188 Å². The van der Waals surface area contributed by atoms with Crippen molar-refractivity contribution in [1.82, 2.24) is 0 Å². The molecule has 272 valence electrons. The third-order valence-corrected chi connectivity index (χ3v) is 13.5. The Bertz CT molecular complexity index is 3750. The second kappa shape index (κ2) is 11.2. The molecule has 10 aromatic carbocycles. The van der Waals surface area contributed by atoms with Gasteiger partial charge in [0.05, 0.1) is 5.41 Å². The van der Waals surface area contributed by atoms with E-state index in [0.717, 1.165) is 54.8 Å². The van der Waals surface area contributed by atoms with Crippen molar-refractivity contribution in [3.05, 3.63) is 216 Å². The number of fused-ring (bicyclic) bond motifs is 20. The monoisotopic (exact) mass is 748 g/mol. The topological polar surface area (TPSA) is 26.3 Å². The first kappa shape index (κ1) is 31.4. The Labute approximate surface area is 339 Å². The first-order valence-electron chi connectivity index (χ1n) is 20.4. The van der Waals surface area contributed by atoms with Crippen molar-refractivity contribution < 1.29 is 8.83 Å². The minimum absolute atomic E-state index is 0.560. The van der Waals surface area contributed by atoms with Gasteiger partial charge in [0.25, 0.3) is 0 Å². The van der Waals surface area contributed by atoms with Gasteiger partial charge in [-0.3, -0.25) is 0 Å². The second-order valence-electron chi connectivity index (χ2n) is 16.3. The molecular weight excluding hydrogens is 717 g/mol. The van der Waals surface area contributed by atoms with Gasteiger partial charge in [0, 0.05) is 26.9 Å². The predicted molar refractivity (Wildman–Crippen MR) is 243 cm³/mol. The summed E-state index contributed by atoms with van der Waals surface area (Å²) in [6.45, 7) is 0. The van der Waals surface area contributed by atoms with E-state index in [9.17, 15) is 0 Å². The van der Waals surface area contributed by atoms with Crippen molar-refractivity contribution in [2.45, 2.75) is 5.41 Å². The highest BCUT2D eigenvalue weighted by atomic mass is 16.3. The second-order valence-corrected chi connectivity index (χ2v) is 16.3. The Kier molecular flexibility index (Phi) is 5.99. The molecule has 14 rings (SSSR count). The Morgan fingerprint density at radius 3 is 1.80 bits per heavy atom. The van der Waals surface area contributed by atoms with Crippen LogP contribution in [-0.4, -0.2) is 0 Å². The van der Waals surface area contributed by atoms with Gasteiger partial charge < -0.3 is 8.83 Å². The van der Waals surface area contributed by atoms with E-state index in [-0.39, 0.29) is 0 Å². The van der Waals surface area contributed by atoms with Crippen LogP contribution in [0.25, 0.3) is 110 Å². The van der Waals surface area contributed by atoms with Crippen LogP contribution in [-0.2, 0) is 5.41 Å². The van der Waals surface area contributed by atoms with E-state index < -0.39 is 5.41 Å². The fourth-order valence-electron chi connectivity index (χ4n) is 11.1. The quantitative estimate of drug-likeness (QED) is 0.176. The number of para-hydroxylation sites is 1. The van der Waals surface area contributed by atoms with Crippen LogP contribution in [0.1, 0.15) is 22.3 Å². The molecule has 0 fully saturated rings. The lowest BCUT2D eigenvalue weighted by molar-refractivity contribution is 0.669. The van der Waals surface area contributed by atoms with E-state index in [1.807, 2.05) is 6.07 Å². The molecule has 0 amide bonds. The van der Waals surface area contributed by atoms with Gasteiger partial charge in [-0.1, -0.05) is 152 Å². The number of benzene rings is 10. The number of hydrogen-bond acceptors (Lipinski definition) is 2. The Balaban J connectivity index is 1.12. The maximum atomic E-state index is 6.71. The summed E-state index contributed by atoms with van der Waals surface area (Å²) in [7, 11) is 0. The normalized spacial score (nSPS) is 13.6. The minimum atomic E-state index is -0.560. The van der Waals surface area contributed by atoms with Crippen molar-refractivity contribution >= 4 is 65.4 Å². The largest absolute Gasteiger partial charge is 0.456 e. The average molecular weight is 749 g/mol. The van der Waals surface area contributed by atoms with Gasteiger partial charge in [-0.25, -0.2) is 0 Å². The smallest absolute Gasteiger partial charge is 0.143 e. The summed E-state index contributed by atoms with van der Waals surface area (Å²) < 4.78 is 13.2. The van der Waals surface area contributed by atoms with Gasteiger partial charge in [-0.2, -0.15) is 0 Å². The van der Waals surface area contributed by atoms with Crippen LogP contribution in [0, 0.1) is 0 Å². The standard InChI is InChI=1S/C57H32O2/c1-4-15-39-33(12-1)24-29-45-53-37(19-11-23-51(53)59-56(39)45)35-26-28-44-49(31-35)57(47-20-8-5-16-40(47)41-17-6-9-21-48(41)57)55-38-14-3-2-13-34(38)30-46(54(44)55)36-25-27-43-42-18-7-10-22-50(42)58-52(43)32-36/h1-32H. The zero-order chi connectivity index (χ0) is 38.4. The first-order chi connectivity index (χ1) is 29.3. The molecule has 0 radical (unpaired) electrons. The predicted octanol–water partition coefficient (Wildman–Crippen LogP) is 15.5. The van der Waals surface area contributed by atoms with E-state index in [4.69, 9.17) is 8.83 Å². The van der Waals surface area contributed by atoms with Crippen molar-refractivity contribution in [1.29, 1.82) is 0 Å². The maximum Gasteiger partial charge on any atom is 0.143 e. The fraction of sp³-hybridized carbons (Fsp3) is 0.0175. The maximum absolute atomic E-state index is 6.71. The molecule has 1 spiro atoms. The van der Waals surface area contributed by atoms with Crippen molar-refractivity contribution in [3.8, 4) is 44.5 Å². The SMILES string of the molecule is c1ccc2c(c1)-c1ccccc1C21c2cc(-c3cccc4oc5c6ccccc6ccc5c34)ccc2-c2c(-c3ccc4c(c3)oc3ccccc34)cc3ccccc3c21. The third-order valence-electron chi connectivity index (χ3n) is 13.5. The molecule has 2 aliphatic carbocycles. The summed E-state index contributed by atoms with van der Waals surface area (Å²) in [6, 6.07) is 71.4. The molecule has 2 heteroatoms. The summed E-state index contributed by atoms with van der Waals surface area (Å²) in [5.41, 5.74) is 18.2. The number of furan rings is 2. The number of rotatable bonds is 2. The molecule has 59 heavy (non-hydrogen) atoms. The lowest BCUT2D eigenvalue weighted by Gasteiger charge is -2.32. The highest BCUT2D eigenvalue weighted by Crippen LogP contribution is 2.66. The molecule has 0 saturated heterocycles. The third kappa shape index (κ3) is 3.96. The van der Waals surface area contributed by atoms with E-state index in [1.54, 1.807) is 0 Å². The number of hydrogen-bond donors (Lipinski definition) is 0. The molecule has 12 aromatic rings. The minimum Gasteiger partial charge on any atom is -0.456 e. The zero-order valence-corrected chi connectivity index (χ0v) is 31.8. The van der Waals surface area contributed by atoms with Crippen LogP contribution in [0.15, 0.2) is 203 Å². The average Bonchev–Trinajstić information content (AvgIpc) is 4.04. The molecule has 2 aliphatic rings. The van der Waals surface area contributed by atoms with E-state index in [0.29, 0.717) is 0 Å². The molecule has 2 nitrogen and oxygen atoms in total. The van der Waals surface area contributed by atoms with Gasteiger partial charge in [-0.15, -0.1) is 0 Å². The molecular formula is C57H32O2. The molecule has 2 aromatic heterocycles. The van der Waals surface area contributed by atoms with Crippen LogP contribution >= 0.6 is 0 Å². The Morgan fingerprint density at radius 2 is 0.949 bits per heavy atom. The molecule has 0 saturated carbocycles. The summed E-state index contributed by atoms with van der Waals surface area (Å²) in [5.74, 6) is 0. The lowest BCUT2D eigenvalue weighted by atomic mass is 9.69. The van der Waals surface area contributed by atoms with Crippen LogP contribution in [0.4, 0.5) is 0 Å². The highest BCUT2D eigenvalue weighted by Gasteiger charge is 2.53. The van der Waals surface area contributed by atoms with Crippen LogP contribution in [0.5, 0.6) is 0 Å². The zero-order valence-electron chi connectivity index (χ0n) is 31.8. The molecule has 0 aliphatic heterocycles.